The van der Waals surface area contributed by atoms with Gasteiger partial charge in [0.15, 0.2) is 5.82 Å². The molecule has 108 valence electrons. The molecule has 2 fully saturated rings. The molecule has 0 saturated heterocycles. The molecule has 1 aromatic heterocycles. The largest absolute Gasteiger partial charge is 0.478 e. The van der Waals surface area contributed by atoms with Crippen molar-refractivity contribution in [1.29, 1.82) is 0 Å². The molecular formula is C15H21N3O2. The van der Waals surface area contributed by atoms with Crippen molar-refractivity contribution in [2.75, 3.05) is 24.2 Å². The number of fused-ring (bicyclic) bond motifs is 2. The molecule has 2 aliphatic carbocycles. The molecule has 1 aromatic rings. The van der Waals surface area contributed by atoms with Gasteiger partial charge < -0.3 is 15.7 Å². The van der Waals surface area contributed by atoms with E-state index in [2.05, 4.69) is 9.88 Å². The van der Waals surface area contributed by atoms with Gasteiger partial charge in [-0.25, -0.2) is 9.78 Å². The van der Waals surface area contributed by atoms with Crippen LogP contribution in [0.1, 0.15) is 36.0 Å². The van der Waals surface area contributed by atoms with E-state index >= 15 is 0 Å². The lowest BCUT2D eigenvalue weighted by atomic mass is 9.88. The number of hydrogen-bond acceptors (Lipinski definition) is 4. The second kappa shape index (κ2) is 4.96. The van der Waals surface area contributed by atoms with Crippen LogP contribution in [0.3, 0.4) is 0 Å². The fourth-order valence-corrected chi connectivity index (χ4v) is 3.95. The fraction of sp³-hybridized carbons (Fsp3) is 0.600. The van der Waals surface area contributed by atoms with Crippen molar-refractivity contribution in [3.05, 3.63) is 17.8 Å². The summed E-state index contributed by atoms with van der Waals surface area (Å²) in [5.41, 5.74) is 6.52. The first kappa shape index (κ1) is 13.2. The summed E-state index contributed by atoms with van der Waals surface area (Å²) in [7, 11) is 1.99. The highest BCUT2D eigenvalue weighted by Crippen LogP contribution is 2.48. The summed E-state index contributed by atoms with van der Waals surface area (Å²) in [5.74, 6) is 2.23. The molecule has 0 aliphatic heterocycles. The third-order valence-corrected chi connectivity index (χ3v) is 4.90. The van der Waals surface area contributed by atoms with Crippen molar-refractivity contribution in [3.8, 4) is 0 Å². The van der Waals surface area contributed by atoms with E-state index in [9.17, 15) is 4.79 Å². The second-order valence-electron chi connectivity index (χ2n) is 6.26. The Morgan fingerprint density at radius 3 is 2.85 bits per heavy atom. The van der Waals surface area contributed by atoms with Crippen LogP contribution in [0.5, 0.6) is 0 Å². The Morgan fingerprint density at radius 1 is 1.50 bits per heavy atom. The molecule has 3 rings (SSSR count). The van der Waals surface area contributed by atoms with Crippen LogP contribution in [-0.4, -0.2) is 29.7 Å². The third-order valence-electron chi connectivity index (χ3n) is 4.90. The zero-order valence-electron chi connectivity index (χ0n) is 11.7. The van der Waals surface area contributed by atoms with E-state index in [0.717, 1.165) is 24.3 Å². The van der Waals surface area contributed by atoms with Gasteiger partial charge in [0.2, 0.25) is 0 Å². The van der Waals surface area contributed by atoms with E-state index in [1.807, 2.05) is 7.05 Å². The highest BCUT2D eigenvalue weighted by Gasteiger charge is 2.39. The maximum atomic E-state index is 10.9. The lowest BCUT2D eigenvalue weighted by Crippen LogP contribution is -2.29. The number of nitrogens with zero attached hydrogens (tertiary/aromatic N) is 2. The van der Waals surface area contributed by atoms with Crippen LogP contribution in [0.2, 0.25) is 0 Å². The number of hydrogen-bond donors (Lipinski definition) is 2. The monoisotopic (exact) mass is 275 g/mol. The first-order valence-corrected chi connectivity index (χ1v) is 7.24. The van der Waals surface area contributed by atoms with E-state index in [-0.39, 0.29) is 5.56 Å². The van der Waals surface area contributed by atoms with Crippen LogP contribution in [0.25, 0.3) is 0 Å². The molecule has 5 nitrogen and oxygen atoms in total. The summed E-state index contributed by atoms with van der Waals surface area (Å²) >= 11 is 0. The minimum atomic E-state index is -0.994. The minimum absolute atomic E-state index is 0.138. The van der Waals surface area contributed by atoms with Crippen LogP contribution >= 0.6 is 0 Å². The molecule has 1 heterocycles. The van der Waals surface area contributed by atoms with Crippen molar-refractivity contribution < 1.29 is 9.90 Å². The number of nitrogen functional groups attached to an aromatic ring is 1. The fourth-order valence-electron chi connectivity index (χ4n) is 3.95. The number of carboxylic acids is 1. The van der Waals surface area contributed by atoms with Gasteiger partial charge in [-0.15, -0.1) is 0 Å². The normalized spacial score (nSPS) is 27.8. The van der Waals surface area contributed by atoms with E-state index < -0.39 is 5.97 Å². The smallest absolute Gasteiger partial charge is 0.337 e. The van der Waals surface area contributed by atoms with Crippen molar-refractivity contribution >= 4 is 17.5 Å². The van der Waals surface area contributed by atoms with E-state index in [1.165, 1.54) is 37.9 Å². The molecule has 0 amide bonds. The Balaban J connectivity index is 1.71. The van der Waals surface area contributed by atoms with Gasteiger partial charge in [-0.1, -0.05) is 6.42 Å². The Morgan fingerprint density at radius 2 is 2.30 bits per heavy atom. The van der Waals surface area contributed by atoms with E-state index in [4.69, 9.17) is 10.8 Å². The molecule has 3 unspecified atom stereocenters. The van der Waals surface area contributed by atoms with Crippen LogP contribution in [0, 0.1) is 17.8 Å². The topological polar surface area (TPSA) is 79.5 Å². The van der Waals surface area contributed by atoms with Crippen molar-refractivity contribution in [2.45, 2.75) is 25.7 Å². The zero-order valence-corrected chi connectivity index (χ0v) is 11.7. The molecule has 2 bridgehead atoms. The van der Waals surface area contributed by atoms with Gasteiger partial charge in [0.1, 0.15) is 0 Å². The molecule has 0 spiro atoms. The number of carboxylic acid groups (broad SMARTS) is 1. The molecular weight excluding hydrogens is 254 g/mol. The summed E-state index contributed by atoms with van der Waals surface area (Å²) < 4.78 is 0. The number of aromatic carboxylic acids is 1. The van der Waals surface area contributed by atoms with Gasteiger partial charge in [-0.2, -0.15) is 0 Å². The Bertz CT molecular complexity index is 532. The van der Waals surface area contributed by atoms with E-state index in [0.29, 0.717) is 11.5 Å². The minimum Gasteiger partial charge on any atom is -0.478 e. The predicted octanol–water partition coefficient (Wildman–Crippen LogP) is 2.23. The molecule has 2 saturated carbocycles. The van der Waals surface area contributed by atoms with Crippen molar-refractivity contribution in [2.24, 2.45) is 17.8 Å². The standard InChI is InChI=1S/C15H21N3O2/c1-18(8-12-5-9-2-3-10(12)4-9)14-13(16)6-11(7-17-14)15(19)20/h6-7,9-10,12H,2-5,8,16H2,1H3,(H,19,20). The van der Waals surface area contributed by atoms with Gasteiger partial charge in [0, 0.05) is 19.8 Å². The third kappa shape index (κ3) is 2.32. The summed E-state index contributed by atoms with van der Waals surface area (Å²) in [6.45, 7) is 0.963. The molecule has 20 heavy (non-hydrogen) atoms. The molecule has 2 aliphatic rings. The Labute approximate surface area is 118 Å². The molecule has 0 radical (unpaired) electrons. The van der Waals surface area contributed by atoms with E-state index in [1.54, 1.807) is 0 Å². The second-order valence-corrected chi connectivity index (χ2v) is 6.26. The van der Waals surface area contributed by atoms with Crippen LogP contribution in [0.15, 0.2) is 12.3 Å². The number of aromatic nitrogens is 1. The Hall–Kier alpha value is -1.78. The van der Waals surface area contributed by atoms with Gasteiger partial charge in [-0.3, -0.25) is 0 Å². The number of nitrogens with two attached hydrogens (primary N) is 1. The average molecular weight is 275 g/mol. The molecule has 0 aromatic carbocycles. The highest BCUT2D eigenvalue weighted by molar-refractivity contribution is 5.89. The van der Waals surface area contributed by atoms with Gasteiger partial charge >= 0.3 is 5.97 Å². The summed E-state index contributed by atoms with van der Waals surface area (Å²) in [4.78, 5) is 17.2. The van der Waals surface area contributed by atoms with Crippen molar-refractivity contribution in [3.63, 3.8) is 0 Å². The number of carbonyl (C=O) groups is 1. The quantitative estimate of drug-likeness (QED) is 0.881. The van der Waals surface area contributed by atoms with Gasteiger partial charge in [0.25, 0.3) is 0 Å². The lowest BCUT2D eigenvalue weighted by molar-refractivity contribution is 0.0696. The average Bonchev–Trinajstić information content (AvgIpc) is 3.00. The number of rotatable bonds is 4. The van der Waals surface area contributed by atoms with Crippen LogP contribution in [0.4, 0.5) is 11.5 Å². The molecule has 3 N–H and O–H groups in total. The van der Waals surface area contributed by atoms with Crippen LogP contribution in [-0.2, 0) is 0 Å². The summed E-state index contributed by atoms with van der Waals surface area (Å²) in [6, 6.07) is 1.49. The molecule has 3 atom stereocenters. The Kier molecular flexibility index (Phi) is 3.28. The highest BCUT2D eigenvalue weighted by atomic mass is 16.4. The van der Waals surface area contributed by atoms with Crippen LogP contribution < -0.4 is 10.6 Å². The maximum absolute atomic E-state index is 10.9. The lowest BCUT2D eigenvalue weighted by Gasteiger charge is -2.28. The van der Waals surface area contributed by atoms with Crippen molar-refractivity contribution in [1.82, 2.24) is 4.98 Å². The SMILES string of the molecule is CN(CC1CC2CCC1C2)c1ncc(C(=O)O)cc1N. The first-order chi connectivity index (χ1) is 9.54. The number of anilines is 2. The zero-order chi connectivity index (χ0) is 14.3. The molecule has 5 heteroatoms. The summed E-state index contributed by atoms with van der Waals surface area (Å²) in [6.07, 6.45) is 6.86. The van der Waals surface area contributed by atoms with Gasteiger partial charge in [0.05, 0.1) is 11.3 Å². The predicted molar refractivity (Wildman–Crippen MR) is 77.8 cm³/mol. The summed E-state index contributed by atoms with van der Waals surface area (Å²) in [5, 5.41) is 8.93. The maximum Gasteiger partial charge on any atom is 0.337 e. The number of pyridine rings is 1. The first-order valence-electron chi connectivity index (χ1n) is 7.24. The van der Waals surface area contributed by atoms with Gasteiger partial charge in [-0.05, 0) is 43.1 Å².